The fourth-order valence-electron chi connectivity index (χ4n) is 1.43. The minimum atomic E-state index is -0.408. The van der Waals surface area contributed by atoms with Crippen molar-refractivity contribution in [3.05, 3.63) is 34.9 Å². The standard InChI is InChI=1S/C12H13ClFN3O/c1-6(2)10(15)12-16-11(17-18-12)8-5-7(14)3-4-9(8)13/h3-6,10H,15H2,1-2H3. The summed E-state index contributed by atoms with van der Waals surface area (Å²) >= 11 is 5.96. The van der Waals surface area contributed by atoms with Crippen LogP contribution in [0.2, 0.25) is 5.02 Å². The molecular formula is C12H13ClFN3O. The summed E-state index contributed by atoms with van der Waals surface area (Å²) in [4.78, 5) is 4.15. The second-order valence-electron chi connectivity index (χ2n) is 4.35. The van der Waals surface area contributed by atoms with E-state index in [1.165, 1.54) is 18.2 Å². The molecule has 96 valence electrons. The lowest BCUT2D eigenvalue weighted by atomic mass is 10.1. The van der Waals surface area contributed by atoms with Crippen LogP contribution in [0, 0.1) is 11.7 Å². The van der Waals surface area contributed by atoms with Gasteiger partial charge in [0.05, 0.1) is 11.1 Å². The highest BCUT2D eigenvalue weighted by Crippen LogP contribution is 2.27. The number of hydrogen-bond acceptors (Lipinski definition) is 4. The van der Waals surface area contributed by atoms with Crippen molar-refractivity contribution in [3.8, 4) is 11.4 Å². The molecule has 1 atom stereocenters. The molecule has 1 aromatic heterocycles. The first-order chi connectivity index (χ1) is 8.49. The topological polar surface area (TPSA) is 64.9 Å². The van der Waals surface area contributed by atoms with Crippen LogP contribution in [0.15, 0.2) is 22.7 Å². The largest absolute Gasteiger partial charge is 0.337 e. The van der Waals surface area contributed by atoms with Crippen molar-refractivity contribution >= 4 is 11.6 Å². The summed E-state index contributed by atoms with van der Waals surface area (Å²) in [5.74, 6) is 0.320. The molecule has 0 amide bonds. The molecule has 0 aliphatic carbocycles. The minimum absolute atomic E-state index is 0.168. The van der Waals surface area contributed by atoms with E-state index >= 15 is 0 Å². The molecule has 6 heteroatoms. The first kappa shape index (κ1) is 13.0. The molecule has 0 bridgehead atoms. The third-order valence-corrected chi connectivity index (χ3v) is 2.94. The maximum absolute atomic E-state index is 13.2. The lowest BCUT2D eigenvalue weighted by Crippen LogP contribution is -2.16. The van der Waals surface area contributed by atoms with Gasteiger partial charge in [-0.05, 0) is 24.1 Å². The average molecular weight is 270 g/mol. The summed E-state index contributed by atoms with van der Waals surface area (Å²) in [6.45, 7) is 3.90. The maximum Gasteiger partial charge on any atom is 0.244 e. The zero-order valence-electron chi connectivity index (χ0n) is 10.0. The molecule has 0 aliphatic rings. The SMILES string of the molecule is CC(C)C(N)c1nc(-c2cc(F)ccc2Cl)no1. The Balaban J connectivity index is 2.38. The van der Waals surface area contributed by atoms with E-state index in [2.05, 4.69) is 10.1 Å². The van der Waals surface area contributed by atoms with Crippen LogP contribution in [0.3, 0.4) is 0 Å². The zero-order chi connectivity index (χ0) is 13.3. The molecule has 0 spiro atoms. The van der Waals surface area contributed by atoms with Gasteiger partial charge < -0.3 is 10.3 Å². The van der Waals surface area contributed by atoms with Gasteiger partial charge in [0.1, 0.15) is 5.82 Å². The Kier molecular flexibility index (Phi) is 3.63. The van der Waals surface area contributed by atoms with Gasteiger partial charge in [-0.3, -0.25) is 0 Å². The molecule has 1 heterocycles. The fraction of sp³-hybridized carbons (Fsp3) is 0.333. The molecular weight excluding hydrogens is 257 g/mol. The van der Waals surface area contributed by atoms with Gasteiger partial charge in [-0.2, -0.15) is 4.98 Å². The zero-order valence-corrected chi connectivity index (χ0v) is 10.8. The summed E-state index contributed by atoms with van der Waals surface area (Å²) in [6, 6.07) is 3.63. The van der Waals surface area contributed by atoms with Crippen LogP contribution in [-0.4, -0.2) is 10.1 Å². The van der Waals surface area contributed by atoms with Crippen molar-refractivity contribution in [3.63, 3.8) is 0 Å². The second-order valence-corrected chi connectivity index (χ2v) is 4.76. The van der Waals surface area contributed by atoms with Crippen molar-refractivity contribution < 1.29 is 8.91 Å². The molecule has 1 unspecified atom stereocenters. The smallest absolute Gasteiger partial charge is 0.244 e. The van der Waals surface area contributed by atoms with E-state index in [-0.39, 0.29) is 17.8 Å². The van der Waals surface area contributed by atoms with Gasteiger partial charge in [-0.15, -0.1) is 0 Å². The Morgan fingerprint density at radius 1 is 1.39 bits per heavy atom. The molecule has 2 N–H and O–H groups in total. The van der Waals surface area contributed by atoms with Crippen LogP contribution >= 0.6 is 11.6 Å². The van der Waals surface area contributed by atoms with Crippen molar-refractivity contribution in [2.24, 2.45) is 11.7 Å². The number of hydrogen-bond donors (Lipinski definition) is 1. The predicted molar refractivity (Wildman–Crippen MR) is 66.5 cm³/mol. The van der Waals surface area contributed by atoms with Crippen LogP contribution in [0.25, 0.3) is 11.4 Å². The molecule has 2 aromatic rings. The number of nitrogens with zero attached hydrogens (tertiary/aromatic N) is 2. The van der Waals surface area contributed by atoms with E-state index in [4.69, 9.17) is 21.9 Å². The second kappa shape index (κ2) is 5.04. The molecule has 0 fully saturated rings. The van der Waals surface area contributed by atoms with Gasteiger partial charge in [-0.1, -0.05) is 30.6 Å². The minimum Gasteiger partial charge on any atom is -0.337 e. The van der Waals surface area contributed by atoms with Crippen LogP contribution in [0.4, 0.5) is 4.39 Å². The first-order valence-electron chi connectivity index (χ1n) is 5.53. The Hall–Kier alpha value is -1.46. The molecule has 0 saturated carbocycles. The van der Waals surface area contributed by atoms with Gasteiger partial charge in [0.25, 0.3) is 0 Å². The highest BCUT2D eigenvalue weighted by Gasteiger charge is 2.19. The van der Waals surface area contributed by atoms with Crippen molar-refractivity contribution in [1.29, 1.82) is 0 Å². The van der Waals surface area contributed by atoms with Crippen LogP contribution in [0.1, 0.15) is 25.8 Å². The lowest BCUT2D eigenvalue weighted by Gasteiger charge is -2.09. The number of nitrogens with two attached hydrogens (primary N) is 1. The maximum atomic E-state index is 13.2. The fourth-order valence-corrected chi connectivity index (χ4v) is 1.64. The lowest BCUT2D eigenvalue weighted by molar-refractivity contribution is 0.325. The molecule has 0 aliphatic heterocycles. The molecule has 0 radical (unpaired) electrons. The molecule has 18 heavy (non-hydrogen) atoms. The van der Waals surface area contributed by atoms with Crippen molar-refractivity contribution in [2.45, 2.75) is 19.9 Å². The number of rotatable bonds is 3. The van der Waals surface area contributed by atoms with E-state index < -0.39 is 5.82 Å². The summed E-state index contributed by atoms with van der Waals surface area (Å²) in [5, 5.41) is 4.14. The van der Waals surface area contributed by atoms with E-state index in [0.29, 0.717) is 16.5 Å². The molecule has 4 nitrogen and oxygen atoms in total. The van der Waals surface area contributed by atoms with Gasteiger partial charge in [0.15, 0.2) is 0 Å². The predicted octanol–water partition coefficient (Wildman–Crippen LogP) is 3.18. The van der Waals surface area contributed by atoms with Crippen molar-refractivity contribution in [2.75, 3.05) is 0 Å². The van der Waals surface area contributed by atoms with Gasteiger partial charge >= 0.3 is 0 Å². The number of benzene rings is 1. The average Bonchev–Trinajstić information content (AvgIpc) is 2.80. The molecule has 2 rings (SSSR count). The Morgan fingerprint density at radius 3 is 2.78 bits per heavy atom. The normalized spacial score (nSPS) is 13.0. The van der Waals surface area contributed by atoms with Crippen LogP contribution in [-0.2, 0) is 0 Å². The summed E-state index contributed by atoms with van der Waals surface area (Å²) in [7, 11) is 0. The Labute approximate surface area is 109 Å². The van der Waals surface area contributed by atoms with Gasteiger partial charge in [0, 0.05) is 5.56 Å². The van der Waals surface area contributed by atoms with E-state index in [9.17, 15) is 4.39 Å². The Morgan fingerprint density at radius 2 is 2.11 bits per heavy atom. The monoisotopic (exact) mass is 269 g/mol. The van der Waals surface area contributed by atoms with Gasteiger partial charge in [-0.25, -0.2) is 4.39 Å². The van der Waals surface area contributed by atoms with Crippen molar-refractivity contribution in [1.82, 2.24) is 10.1 Å². The van der Waals surface area contributed by atoms with E-state index in [1.54, 1.807) is 0 Å². The highest BCUT2D eigenvalue weighted by atomic mass is 35.5. The quantitative estimate of drug-likeness (QED) is 0.929. The first-order valence-corrected chi connectivity index (χ1v) is 5.91. The van der Waals surface area contributed by atoms with Crippen LogP contribution < -0.4 is 5.73 Å². The third kappa shape index (κ3) is 2.52. The molecule has 0 saturated heterocycles. The summed E-state index contributed by atoms with van der Waals surface area (Å²) in [5.41, 5.74) is 6.29. The number of aromatic nitrogens is 2. The van der Waals surface area contributed by atoms with Gasteiger partial charge in [0.2, 0.25) is 11.7 Å². The number of halogens is 2. The van der Waals surface area contributed by atoms with E-state index in [1.807, 2.05) is 13.8 Å². The third-order valence-electron chi connectivity index (χ3n) is 2.61. The Bertz CT molecular complexity index is 556. The molecule has 1 aromatic carbocycles. The van der Waals surface area contributed by atoms with E-state index in [0.717, 1.165) is 0 Å². The summed E-state index contributed by atoms with van der Waals surface area (Å²) in [6.07, 6.45) is 0. The van der Waals surface area contributed by atoms with Crippen LogP contribution in [0.5, 0.6) is 0 Å². The summed E-state index contributed by atoms with van der Waals surface area (Å²) < 4.78 is 18.2. The highest BCUT2D eigenvalue weighted by molar-refractivity contribution is 6.33.